The monoisotopic (exact) mass is 433 g/mol. The van der Waals surface area contributed by atoms with Gasteiger partial charge in [-0.05, 0) is 60.7 Å². The number of ether oxygens (including phenoxy) is 2. The number of nitrogens with zero attached hydrogens (tertiary/aromatic N) is 1. The molecule has 1 aliphatic heterocycles. The minimum Gasteiger partial charge on any atom is -0.490 e. The Hall–Kier alpha value is -2.97. The van der Waals surface area contributed by atoms with Crippen molar-refractivity contribution in [2.45, 2.75) is 6.92 Å². The third-order valence-corrected chi connectivity index (χ3v) is 4.88. The third kappa shape index (κ3) is 4.90. The molecule has 0 spiro atoms. The summed E-state index contributed by atoms with van der Waals surface area (Å²) in [6.45, 7) is 1.63. The molecule has 1 heterocycles. The lowest BCUT2D eigenvalue weighted by Gasteiger charge is -2.12. The van der Waals surface area contributed by atoms with Crippen LogP contribution in [0, 0.1) is 0 Å². The molecule has 2 aromatic carbocycles. The lowest BCUT2D eigenvalue weighted by molar-refractivity contribution is -0.139. The van der Waals surface area contributed by atoms with Crippen LogP contribution in [0.5, 0.6) is 11.5 Å². The van der Waals surface area contributed by atoms with Crippen molar-refractivity contribution in [1.82, 2.24) is 0 Å². The highest BCUT2D eigenvalue weighted by Gasteiger charge is 2.36. The Kier molecular flexibility index (Phi) is 6.46. The van der Waals surface area contributed by atoms with Crippen LogP contribution in [-0.2, 0) is 9.59 Å². The van der Waals surface area contributed by atoms with E-state index in [9.17, 15) is 14.4 Å². The SMILES string of the molecule is CCOc1cc(/C=C2/SC(=O)N(c3cccc(Cl)c3)C2=O)ccc1OCC(=O)O. The van der Waals surface area contributed by atoms with E-state index in [2.05, 4.69) is 0 Å². The maximum absolute atomic E-state index is 12.7. The van der Waals surface area contributed by atoms with Crippen molar-refractivity contribution in [3.8, 4) is 11.5 Å². The predicted octanol–water partition coefficient (Wildman–Crippen LogP) is 4.44. The molecule has 0 aliphatic carbocycles. The topological polar surface area (TPSA) is 93.1 Å². The van der Waals surface area contributed by atoms with Gasteiger partial charge in [0.05, 0.1) is 17.2 Å². The summed E-state index contributed by atoms with van der Waals surface area (Å²) in [6.07, 6.45) is 1.57. The smallest absolute Gasteiger partial charge is 0.341 e. The van der Waals surface area contributed by atoms with Gasteiger partial charge in [-0.25, -0.2) is 9.69 Å². The van der Waals surface area contributed by atoms with Gasteiger partial charge in [-0.3, -0.25) is 9.59 Å². The van der Waals surface area contributed by atoms with Gasteiger partial charge in [-0.2, -0.15) is 0 Å². The van der Waals surface area contributed by atoms with Crippen molar-refractivity contribution in [3.63, 3.8) is 0 Å². The van der Waals surface area contributed by atoms with Gasteiger partial charge in [-0.1, -0.05) is 23.7 Å². The fraction of sp³-hybridized carbons (Fsp3) is 0.150. The molecule has 2 amide bonds. The standard InChI is InChI=1S/C20H16ClNO6S/c1-2-27-16-8-12(6-7-15(16)28-11-18(23)24)9-17-19(25)22(20(26)29-17)14-5-3-4-13(21)10-14/h3-10H,2,11H2,1H3,(H,23,24)/b17-9+. The molecular formula is C20H16ClNO6S. The summed E-state index contributed by atoms with van der Waals surface area (Å²) in [6, 6.07) is 11.3. The fourth-order valence-electron chi connectivity index (χ4n) is 2.60. The molecule has 7 nitrogen and oxygen atoms in total. The van der Waals surface area contributed by atoms with E-state index in [-0.39, 0.29) is 10.7 Å². The summed E-state index contributed by atoms with van der Waals surface area (Å²) in [5, 5.41) is 8.77. The molecule has 0 unspecified atom stereocenters. The Morgan fingerprint density at radius 3 is 2.66 bits per heavy atom. The van der Waals surface area contributed by atoms with Gasteiger partial charge in [0.1, 0.15) is 0 Å². The Bertz CT molecular complexity index is 1010. The maximum Gasteiger partial charge on any atom is 0.341 e. The number of imide groups is 1. The van der Waals surface area contributed by atoms with Crippen LogP contribution in [0.4, 0.5) is 10.5 Å². The Morgan fingerprint density at radius 2 is 1.97 bits per heavy atom. The summed E-state index contributed by atoms with van der Waals surface area (Å²) < 4.78 is 10.7. The second kappa shape index (κ2) is 9.02. The fourth-order valence-corrected chi connectivity index (χ4v) is 3.62. The molecule has 0 radical (unpaired) electrons. The molecule has 1 saturated heterocycles. The van der Waals surface area contributed by atoms with Gasteiger partial charge in [0.15, 0.2) is 18.1 Å². The second-order valence-corrected chi connectivity index (χ2v) is 7.25. The number of benzene rings is 2. The average Bonchev–Trinajstić information content (AvgIpc) is 2.94. The number of carbonyl (C=O) groups excluding carboxylic acids is 2. The highest BCUT2D eigenvalue weighted by molar-refractivity contribution is 8.19. The van der Waals surface area contributed by atoms with Gasteiger partial charge in [0.25, 0.3) is 11.1 Å². The first kappa shape index (κ1) is 20.8. The maximum atomic E-state index is 12.7. The average molecular weight is 434 g/mol. The van der Waals surface area contributed by atoms with Crippen LogP contribution < -0.4 is 14.4 Å². The highest BCUT2D eigenvalue weighted by atomic mass is 35.5. The number of carbonyl (C=O) groups is 3. The highest BCUT2D eigenvalue weighted by Crippen LogP contribution is 2.37. The summed E-state index contributed by atoms with van der Waals surface area (Å²) in [4.78, 5) is 37.1. The van der Waals surface area contributed by atoms with Crippen molar-refractivity contribution in [1.29, 1.82) is 0 Å². The summed E-state index contributed by atoms with van der Waals surface area (Å²) >= 11 is 6.78. The Balaban J connectivity index is 1.87. The minimum atomic E-state index is -1.11. The Morgan fingerprint density at radius 1 is 1.17 bits per heavy atom. The van der Waals surface area contributed by atoms with E-state index in [1.54, 1.807) is 55.5 Å². The molecular weight excluding hydrogens is 418 g/mol. The second-order valence-electron chi connectivity index (χ2n) is 5.82. The molecule has 150 valence electrons. The molecule has 0 bridgehead atoms. The van der Waals surface area contributed by atoms with Crippen LogP contribution in [-0.4, -0.2) is 35.4 Å². The summed E-state index contributed by atoms with van der Waals surface area (Å²) in [5.41, 5.74) is 1.00. The van der Waals surface area contributed by atoms with Crippen LogP contribution >= 0.6 is 23.4 Å². The number of thioether (sulfide) groups is 1. The van der Waals surface area contributed by atoms with Gasteiger partial charge in [0.2, 0.25) is 0 Å². The van der Waals surface area contributed by atoms with E-state index in [1.807, 2.05) is 0 Å². The van der Waals surface area contributed by atoms with Crippen LogP contribution in [0.1, 0.15) is 12.5 Å². The van der Waals surface area contributed by atoms with Crippen LogP contribution in [0.3, 0.4) is 0 Å². The number of aliphatic carboxylic acids is 1. The zero-order valence-corrected chi connectivity index (χ0v) is 16.8. The molecule has 1 aliphatic rings. The summed E-state index contributed by atoms with van der Waals surface area (Å²) in [5.74, 6) is -0.937. The van der Waals surface area contributed by atoms with Crippen molar-refractivity contribution in [2.75, 3.05) is 18.1 Å². The molecule has 3 rings (SSSR count). The molecule has 0 aromatic heterocycles. The van der Waals surface area contributed by atoms with Crippen LogP contribution in [0.15, 0.2) is 47.4 Å². The summed E-state index contributed by atoms with van der Waals surface area (Å²) in [7, 11) is 0. The van der Waals surface area contributed by atoms with E-state index in [4.69, 9.17) is 26.2 Å². The van der Waals surface area contributed by atoms with Gasteiger partial charge in [0, 0.05) is 5.02 Å². The van der Waals surface area contributed by atoms with Gasteiger partial charge in [-0.15, -0.1) is 0 Å². The van der Waals surface area contributed by atoms with Crippen molar-refractivity contribution in [2.24, 2.45) is 0 Å². The van der Waals surface area contributed by atoms with E-state index in [1.165, 1.54) is 0 Å². The van der Waals surface area contributed by atoms with E-state index >= 15 is 0 Å². The first-order valence-electron chi connectivity index (χ1n) is 8.54. The number of amides is 2. The number of rotatable bonds is 7. The third-order valence-electron chi connectivity index (χ3n) is 3.78. The van der Waals surface area contributed by atoms with Crippen molar-refractivity contribution in [3.05, 3.63) is 58.0 Å². The molecule has 1 fully saturated rings. The van der Waals surface area contributed by atoms with E-state index in [0.29, 0.717) is 28.6 Å². The molecule has 0 saturated carbocycles. The zero-order valence-electron chi connectivity index (χ0n) is 15.3. The normalized spacial score (nSPS) is 15.1. The van der Waals surface area contributed by atoms with Crippen LogP contribution in [0.2, 0.25) is 5.02 Å². The largest absolute Gasteiger partial charge is 0.490 e. The van der Waals surface area contributed by atoms with Crippen LogP contribution in [0.25, 0.3) is 6.08 Å². The lowest BCUT2D eigenvalue weighted by Crippen LogP contribution is -2.27. The predicted molar refractivity (Wildman–Crippen MR) is 111 cm³/mol. The number of halogens is 1. The van der Waals surface area contributed by atoms with E-state index in [0.717, 1.165) is 16.7 Å². The molecule has 9 heteroatoms. The molecule has 2 aromatic rings. The van der Waals surface area contributed by atoms with Gasteiger partial charge >= 0.3 is 5.97 Å². The lowest BCUT2D eigenvalue weighted by atomic mass is 10.1. The molecule has 29 heavy (non-hydrogen) atoms. The number of carboxylic acids is 1. The van der Waals surface area contributed by atoms with E-state index < -0.39 is 23.7 Å². The number of anilines is 1. The number of hydrogen-bond acceptors (Lipinski definition) is 6. The number of carboxylic acid groups (broad SMARTS) is 1. The number of hydrogen-bond donors (Lipinski definition) is 1. The molecule has 1 N–H and O–H groups in total. The minimum absolute atomic E-state index is 0.247. The Labute approximate surface area is 175 Å². The first-order chi connectivity index (χ1) is 13.9. The molecule has 0 atom stereocenters. The first-order valence-corrected chi connectivity index (χ1v) is 9.73. The van der Waals surface area contributed by atoms with Crippen molar-refractivity contribution < 1.29 is 29.0 Å². The van der Waals surface area contributed by atoms with Gasteiger partial charge < -0.3 is 14.6 Å². The quantitative estimate of drug-likeness (QED) is 0.645. The zero-order chi connectivity index (χ0) is 21.0. The van der Waals surface area contributed by atoms with Crippen molar-refractivity contribution >= 4 is 52.2 Å².